The van der Waals surface area contributed by atoms with Crippen molar-refractivity contribution in [3.05, 3.63) is 35.9 Å². The minimum atomic E-state index is 0.324. The third-order valence-corrected chi connectivity index (χ3v) is 4.08. The van der Waals surface area contributed by atoms with Crippen molar-refractivity contribution in [1.29, 1.82) is 0 Å². The molecule has 2 rings (SSSR count). The number of likely N-dealkylation sites (tertiary alicyclic amines) is 1. The molecule has 0 N–H and O–H groups in total. The highest BCUT2D eigenvalue weighted by Crippen LogP contribution is 2.18. The quantitative estimate of drug-likeness (QED) is 0.767. The van der Waals surface area contributed by atoms with Gasteiger partial charge < -0.3 is 9.64 Å². The minimum absolute atomic E-state index is 0.324. The molecule has 1 aromatic rings. The van der Waals surface area contributed by atoms with E-state index in [0.717, 1.165) is 39.0 Å². The van der Waals surface area contributed by atoms with E-state index in [-0.39, 0.29) is 0 Å². The summed E-state index contributed by atoms with van der Waals surface area (Å²) in [6.07, 6.45) is 5.07. The molecule has 116 valence electrons. The monoisotopic (exact) mass is 289 g/mol. The lowest BCUT2D eigenvalue weighted by atomic mass is 9.98. The molecular weight excluding hydrogens is 262 g/mol. The molecule has 3 nitrogen and oxygen atoms in total. The molecule has 0 aliphatic carbocycles. The van der Waals surface area contributed by atoms with Crippen LogP contribution in [0.3, 0.4) is 0 Å². The first kappa shape index (κ1) is 16.0. The second-order valence-electron chi connectivity index (χ2n) is 5.95. The zero-order valence-electron chi connectivity index (χ0n) is 13.1. The number of hydrogen-bond donors (Lipinski definition) is 0. The molecule has 0 bridgehead atoms. The van der Waals surface area contributed by atoms with Crippen molar-refractivity contribution < 1.29 is 9.53 Å². The summed E-state index contributed by atoms with van der Waals surface area (Å²) in [5.74, 6) is 0.817. The van der Waals surface area contributed by atoms with Gasteiger partial charge in [-0.2, -0.15) is 0 Å². The average Bonchev–Trinajstić information content (AvgIpc) is 2.54. The third-order valence-electron chi connectivity index (χ3n) is 4.08. The molecule has 1 amide bonds. The Morgan fingerprint density at radius 2 is 2.14 bits per heavy atom. The fourth-order valence-corrected chi connectivity index (χ4v) is 2.83. The van der Waals surface area contributed by atoms with Gasteiger partial charge in [0.25, 0.3) is 0 Å². The number of hydrogen-bond acceptors (Lipinski definition) is 2. The van der Waals surface area contributed by atoms with Gasteiger partial charge in [0.05, 0.1) is 13.2 Å². The first-order valence-electron chi connectivity index (χ1n) is 8.19. The Bertz CT molecular complexity index is 418. The summed E-state index contributed by atoms with van der Waals surface area (Å²) in [6.45, 7) is 5.35. The number of rotatable bonds is 7. The molecule has 1 aromatic carbocycles. The summed E-state index contributed by atoms with van der Waals surface area (Å²) in [6, 6.07) is 10.3. The van der Waals surface area contributed by atoms with Crippen LogP contribution < -0.4 is 0 Å². The molecular formula is C18H27NO2. The van der Waals surface area contributed by atoms with Crippen molar-refractivity contribution in [2.24, 2.45) is 5.92 Å². The molecule has 1 atom stereocenters. The van der Waals surface area contributed by atoms with Crippen LogP contribution in [0.25, 0.3) is 0 Å². The van der Waals surface area contributed by atoms with Gasteiger partial charge in [-0.3, -0.25) is 4.79 Å². The second-order valence-corrected chi connectivity index (χ2v) is 5.95. The summed E-state index contributed by atoms with van der Waals surface area (Å²) in [7, 11) is 0. The van der Waals surface area contributed by atoms with E-state index in [1.807, 2.05) is 23.1 Å². The molecule has 1 heterocycles. The highest BCUT2D eigenvalue weighted by Gasteiger charge is 2.23. The first-order chi connectivity index (χ1) is 10.3. The van der Waals surface area contributed by atoms with E-state index in [1.165, 1.54) is 12.0 Å². The summed E-state index contributed by atoms with van der Waals surface area (Å²) in [5, 5.41) is 0. The lowest BCUT2D eigenvalue weighted by molar-refractivity contribution is -0.133. The standard InChI is InChI=1S/C18H27NO2/c1-2-3-11-18(20)19-12-7-10-17(13-19)15-21-14-16-8-5-4-6-9-16/h4-6,8-9,17H,2-3,7,10-15H2,1H3. The van der Waals surface area contributed by atoms with Gasteiger partial charge in [0, 0.05) is 19.5 Å². The van der Waals surface area contributed by atoms with Crippen molar-refractivity contribution >= 4 is 5.91 Å². The number of benzene rings is 1. The number of carbonyl (C=O) groups excluding carboxylic acids is 1. The molecule has 1 aliphatic heterocycles. The Kier molecular flexibility index (Phi) is 6.74. The van der Waals surface area contributed by atoms with Gasteiger partial charge in [-0.25, -0.2) is 0 Å². The topological polar surface area (TPSA) is 29.5 Å². The largest absolute Gasteiger partial charge is 0.376 e. The number of nitrogens with zero attached hydrogens (tertiary/aromatic N) is 1. The van der Waals surface area contributed by atoms with Crippen molar-refractivity contribution in [3.63, 3.8) is 0 Å². The van der Waals surface area contributed by atoms with Crippen LogP contribution in [0.1, 0.15) is 44.6 Å². The maximum Gasteiger partial charge on any atom is 0.222 e. The van der Waals surface area contributed by atoms with E-state index in [9.17, 15) is 4.79 Å². The predicted octanol–water partition coefficient (Wildman–Crippen LogP) is 3.63. The summed E-state index contributed by atoms with van der Waals surface area (Å²) in [4.78, 5) is 14.1. The molecule has 21 heavy (non-hydrogen) atoms. The van der Waals surface area contributed by atoms with E-state index in [4.69, 9.17) is 4.74 Å². The molecule has 1 aliphatic rings. The van der Waals surface area contributed by atoms with Crippen molar-refractivity contribution in [2.75, 3.05) is 19.7 Å². The van der Waals surface area contributed by atoms with Crippen LogP contribution in [-0.2, 0) is 16.1 Å². The van der Waals surface area contributed by atoms with Crippen LogP contribution in [-0.4, -0.2) is 30.5 Å². The van der Waals surface area contributed by atoms with Crippen molar-refractivity contribution in [2.45, 2.75) is 45.6 Å². The van der Waals surface area contributed by atoms with Crippen LogP contribution in [0, 0.1) is 5.92 Å². The Hall–Kier alpha value is -1.35. The third kappa shape index (κ3) is 5.50. The van der Waals surface area contributed by atoms with Crippen molar-refractivity contribution in [1.82, 2.24) is 4.90 Å². The number of piperidine rings is 1. The molecule has 0 saturated carbocycles. The molecule has 0 spiro atoms. The van der Waals surface area contributed by atoms with E-state index in [1.54, 1.807) is 0 Å². The number of amides is 1. The SMILES string of the molecule is CCCCC(=O)N1CCCC(COCc2ccccc2)C1. The van der Waals surface area contributed by atoms with E-state index < -0.39 is 0 Å². The molecule has 0 radical (unpaired) electrons. The zero-order valence-corrected chi connectivity index (χ0v) is 13.1. The van der Waals surface area contributed by atoms with Gasteiger partial charge in [-0.05, 0) is 30.7 Å². The van der Waals surface area contributed by atoms with Crippen LogP contribution in [0.5, 0.6) is 0 Å². The van der Waals surface area contributed by atoms with Gasteiger partial charge >= 0.3 is 0 Å². The van der Waals surface area contributed by atoms with Gasteiger partial charge in [-0.1, -0.05) is 43.7 Å². The summed E-state index contributed by atoms with van der Waals surface area (Å²) >= 11 is 0. The van der Waals surface area contributed by atoms with Gasteiger partial charge in [0.15, 0.2) is 0 Å². The van der Waals surface area contributed by atoms with E-state index >= 15 is 0 Å². The van der Waals surface area contributed by atoms with Crippen LogP contribution in [0.15, 0.2) is 30.3 Å². The first-order valence-corrected chi connectivity index (χ1v) is 8.19. The zero-order chi connectivity index (χ0) is 14.9. The average molecular weight is 289 g/mol. The maximum absolute atomic E-state index is 12.1. The fourth-order valence-electron chi connectivity index (χ4n) is 2.83. The Morgan fingerprint density at radius 1 is 1.33 bits per heavy atom. The Morgan fingerprint density at radius 3 is 2.90 bits per heavy atom. The van der Waals surface area contributed by atoms with E-state index in [2.05, 4.69) is 19.1 Å². The lowest BCUT2D eigenvalue weighted by Gasteiger charge is -2.32. The number of carbonyl (C=O) groups is 1. The van der Waals surface area contributed by atoms with E-state index in [0.29, 0.717) is 24.9 Å². The maximum atomic E-state index is 12.1. The highest BCUT2D eigenvalue weighted by molar-refractivity contribution is 5.76. The molecule has 1 unspecified atom stereocenters. The summed E-state index contributed by atoms with van der Waals surface area (Å²) < 4.78 is 5.83. The van der Waals surface area contributed by atoms with Crippen molar-refractivity contribution in [3.8, 4) is 0 Å². The van der Waals surface area contributed by atoms with Crippen LogP contribution in [0.2, 0.25) is 0 Å². The lowest BCUT2D eigenvalue weighted by Crippen LogP contribution is -2.41. The van der Waals surface area contributed by atoms with Gasteiger partial charge in [0.1, 0.15) is 0 Å². The Balaban J connectivity index is 1.70. The second kappa shape index (κ2) is 8.83. The summed E-state index contributed by atoms with van der Waals surface area (Å²) in [5.41, 5.74) is 1.21. The predicted molar refractivity (Wildman–Crippen MR) is 84.9 cm³/mol. The molecule has 0 aromatic heterocycles. The normalized spacial score (nSPS) is 18.7. The van der Waals surface area contributed by atoms with Gasteiger partial charge in [-0.15, -0.1) is 0 Å². The Labute approximate surface area is 128 Å². The minimum Gasteiger partial charge on any atom is -0.376 e. The van der Waals surface area contributed by atoms with Gasteiger partial charge in [0.2, 0.25) is 5.91 Å². The number of unbranched alkanes of at least 4 members (excludes halogenated alkanes) is 1. The molecule has 1 fully saturated rings. The fraction of sp³-hybridized carbons (Fsp3) is 0.611. The highest BCUT2D eigenvalue weighted by atomic mass is 16.5. The van der Waals surface area contributed by atoms with Crippen LogP contribution >= 0.6 is 0 Å². The smallest absolute Gasteiger partial charge is 0.222 e. The van der Waals surface area contributed by atoms with Crippen LogP contribution in [0.4, 0.5) is 0 Å². The molecule has 3 heteroatoms. The number of ether oxygens (including phenoxy) is 1. The molecule has 1 saturated heterocycles.